The Morgan fingerprint density at radius 1 is 1.20 bits per heavy atom. The fraction of sp³-hybridized carbons (Fsp3) is 0.154. The van der Waals surface area contributed by atoms with Gasteiger partial charge in [0.1, 0.15) is 5.75 Å². The van der Waals surface area contributed by atoms with Crippen LogP contribution in [0.1, 0.15) is 0 Å². The quantitative estimate of drug-likeness (QED) is 0.846. The number of alkyl halides is 3. The minimum Gasteiger partial charge on any atom is -0.481 e. The largest absolute Gasteiger partial charge is 0.573 e. The molecule has 0 aliphatic heterocycles. The SMILES string of the molecule is COc1ncc(Cl)cc1-c1cccc(OC(F)(F)F)c1. The normalized spacial score (nSPS) is 11.2. The molecule has 3 nitrogen and oxygen atoms in total. The van der Waals surface area contributed by atoms with E-state index in [1.165, 1.54) is 31.5 Å². The van der Waals surface area contributed by atoms with Crippen molar-refractivity contribution in [3.05, 3.63) is 41.6 Å². The van der Waals surface area contributed by atoms with Crippen LogP contribution in [0.25, 0.3) is 11.1 Å². The Morgan fingerprint density at radius 2 is 1.95 bits per heavy atom. The fourth-order valence-corrected chi connectivity index (χ4v) is 1.81. The second-order valence-corrected chi connectivity index (χ2v) is 4.22. The van der Waals surface area contributed by atoms with Crippen LogP contribution in [0.2, 0.25) is 5.02 Å². The lowest BCUT2D eigenvalue weighted by atomic mass is 10.1. The Hall–Kier alpha value is -1.95. The van der Waals surface area contributed by atoms with E-state index in [4.69, 9.17) is 16.3 Å². The third-order valence-corrected chi connectivity index (χ3v) is 2.60. The number of hydrogen-bond acceptors (Lipinski definition) is 3. The molecule has 0 atom stereocenters. The molecule has 0 saturated carbocycles. The van der Waals surface area contributed by atoms with Gasteiger partial charge >= 0.3 is 6.36 Å². The zero-order valence-corrected chi connectivity index (χ0v) is 11.0. The van der Waals surface area contributed by atoms with Gasteiger partial charge in [-0.1, -0.05) is 23.7 Å². The van der Waals surface area contributed by atoms with E-state index >= 15 is 0 Å². The van der Waals surface area contributed by atoms with Crippen molar-refractivity contribution in [3.8, 4) is 22.8 Å². The van der Waals surface area contributed by atoms with Crippen LogP contribution in [0.15, 0.2) is 36.5 Å². The maximum Gasteiger partial charge on any atom is 0.573 e. The van der Waals surface area contributed by atoms with E-state index in [0.29, 0.717) is 16.1 Å². The van der Waals surface area contributed by atoms with Crippen molar-refractivity contribution < 1.29 is 22.6 Å². The van der Waals surface area contributed by atoms with Gasteiger partial charge in [-0.2, -0.15) is 0 Å². The first-order chi connectivity index (χ1) is 9.39. The van der Waals surface area contributed by atoms with Crippen LogP contribution in [0.4, 0.5) is 13.2 Å². The van der Waals surface area contributed by atoms with Crippen LogP contribution in [-0.2, 0) is 0 Å². The molecule has 0 saturated heterocycles. The van der Waals surface area contributed by atoms with Gasteiger partial charge in [-0.25, -0.2) is 4.98 Å². The molecule has 0 N–H and O–H groups in total. The second-order valence-electron chi connectivity index (χ2n) is 3.79. The smallest absolute Gasteiger partial charge is 0.481 e. The molecule has 1 aromatic carbocycles. The first-order valence-electron chi connectivity index (χ1n) is 5.45. The molecular weight excluding hydrogens is 295 g/mol. The number of methoxy groups -OCH3 is 1. The minimum absolute atomic E-state index is 0.263. The van der Waals surface area contributed by atoms with Crippen LogP contribution < -0.4 is 9.47 Å². The maximum absolute atomic E-state index is 12.2. The van der Waals surface area contributed by atoms with Gasteiger partial charge in [-0.3, -0.25) is 0 Å². The third kappa shape index (κ3) is 3.54. The molecule has 106 valence electrons. The van der Waals surface area contributed by atoms with Gasteiger partial charge in [0, 0.05) is 11.8 Å². The highest BCUT2D eigenvalue weighted by atomic mass is 35.5. The molecule has 2 rings (SSSR count). The fourth-order valence-electron chi connectivity index (χ4n) is 1.66. The standard InChI is InChI=1S/C13H9ClF3NO2/c1-19-12-11(6-9(14)7-18-12)8-3-2-4-10(5-8)20-13(15,16)17/h2-7H,1H3. The summed E-state index contributed by atoms with van der Waals surface area (Å²) in [4.78, 5) is 3.96. The molecule has 7 heteroatoms. The summed E-state index contributed by atoms with van der Waals surface area (Å²) in [5, 5.41) is 0.350. The monoisotopic (exact) mass is 303 g/mol. The van der Waals surface area contributed by atoms with Gasteiger partial charge in [-0.15, -0.1) is 13.2 Å². The highest BCUT2D eigenvalue weighted by molar-refractivity contribution is 6.30. The molecule has 0 aliphatic carbocycles. The summed E-state index contributed by atoms with van der Waals surface area (Å²) in [5.74, 6) is -0.0596. The number of rotatable bonds is 3. The summed E-state index contributed by atoms with van der Waals surface area (Å²) in [7, 11) is 1.41. The summed E-state index contributed by atoms with van der Waals surface area (Å²) in [5.41, 5.74) is 0.936. The summed E-state index contributed by atoms with van der Waals surface area (Å²) in [6.45, 7) is 0. The Labute approximate surface area is 117 Å². The van der Waals surface area contributed by atoms with E-state index in [-0.39, 0.29) is 11.6 Å². The van der Waals surface area contributed by atoms with Crippen molar-refractivity contribution in [1.29, 1.82) is 0 Å². The molecule has 1 heterocycles. The van der Waals surface area contributed by atoms with E-state index in [2.05, 4.69) is 9.72 Å². The number of hydrogen-bond donors (Lipinski definition) is 0. The van der Waals surface area contributed by atoms with Crippen molar-refractivity contribution in [2.45, 2.75) is 6.36 Å². The van der Waals surface area contributed by atoms with Gasteiger partial charge in [-0.05, 0) is 23.8 Å². The number of ether oxygens (including phenoxy) is 2. The number of benzene rings is 1. The van der Waals surface area contributed by atoms with Crippen molar-refractivity contribution in [3.63, 3.8) is 0 Å². The summed E-state index contributed by atoms with van der Waals surface area (Å²) < 4.78 is 45.6. The average Bonchev–Trinajstić information content (AvgIpc) is 2.37. The first-order valence-corrected chi connectivity index (χ1v) is 5.82. The molecule has 0 bridgehead atoms. The third-order valence-electron chi connectivity index (χ3n) is 2.39. The molecule has 0 aliphatic rings. The van der Waals surface area contributed by atoms with Crippen LogP contribution in [0, 0.1) is 0 Å². The molecular formula is C13H9ClF3NO2. The Morgan fingerprint density at radius 3 is 2.60 bits per heavy atom. The number of halogens is 4. The van der Waals surface area contributed by atoms with Gasteiger partial charge in [0.25, 0.3) is 0 Å². The molecule has 0 amide bonds. The second kappa shape index (κ2) is 5.58. The Balaban J connectivity index is 2.43. The highest BCUT2D eigenvalue weighted by Crippen LogP contribution is 2.33. The van der Waals surface area contributed by atoms with Crippen LogP contribution >= 0.6 is 11.6 Å². The van der Waals surface area contributed by atoms with Gasteiger partial charge in [0.05, 0.1) is 12.1 Å². The van der Waals surface area contributed by atoms with E-state index in [1.54, 1.807) is 12.1 Å². The van der Waals surface area contributed by atoms with Crippen LogP contribution in [-0.4, -0.2) is 18.5 Å². The molecule has 20 heavy (non-hydrogen) atoms. The molecule has 0 fully saturated rings. The number of aromatic nitrogens is 1. The zero-order valence-electron chi connectivity index (χ0n) is 10.2. The summed E-state index contributed by atoms with van der Waals surface area (Å²) in [6.07, 6.45) is -3.35. The van der Waals surface area contributed by atoms with Crippen molar-refractivity contribution >= 4 is 11.6 Å². The van der Waals surface area contributed by atoms with E-state index in [9.17, 15) is 13.2 Å². The molecule has 2 aromatic rings. The topological polar surface area (TPSA) is 31.4 Å². The average molecular weight is 304 g/mol. The molecule has 0 unspecified atom stereocenters. The lowest BCUT2D eigenvalue weighted by molar-refractivity contribution is -0.274. The van der Waals surface area contributed by atoms with Gasteiger partial charge in [0.15, 0.2) is 0 Å². The first kappa shape index (κ1) is 14.5. The summed E-state index contributed by atoms with van der Waals surface area (Å²) in [6, 6.07) is 7.06. The predicted octanol–water partition coefficient (Wildman–Crippen LogP) is 4.31. The van der Waals surface area contributed by atoms with Crippen LogP contribution in [0.5, 0.6) is 11.6 Å². The lowest BCUT2D eigenvalue weighted by Crippen LogP contribution is -2.17. The number of pyridine rings is 1. The zero-order chi connectivity index (χ0) is 14.8. The van der Waals surface area contributed by atoms with E-state index in [0.717, 1.165) is 0 Å². The van der Waals surface area contributed by atoms with Crippen molar-refractivity contribution in [2.75, 3.05) is 7.11 Å². The van der Waals surface area contributed by atoms with Crippen molar-refractivity contribution in [1.82, 2.24) is 4.98 Å². The Bertz CT molecular complexity index is 617. The minimum atomic E-state index is -4.74. The van der Waals surface area contributed by atoms with Crippen molar-refractivity contribution in [2.24, 2.45) is 0 Å². The van der Waals surface area contributed by atoms with Gasteiger partial charge in [0.2, 0.25) is 5.88 Å². The van der Waals surface area contributed by atoms with Gasteiger partial charge < -0.3 is 9.47 Å². The maximum atomic E-state index is 12.2. The Kier molecular flexibility index (Phi) is 4.04. The molecule has 1 aromatic heterocycles. The molecule has 0 spiro atoms. The lowest BCUT2D eigenvalue weighted by Gasteiger charge is -2.11. The van der Waals surface area contributed by atoms with Crippen LogP contribution in [0.3, 0.4) is 0 Å². The number of nitrogens with zero attached hydrogens (tertiary/aromatic N) is 1. The van der Waals surface area contributed by atoms with E-state index < -0.39 is 6.36 Å². The van der Waals surface area contributed by atoms with E-state index in [1.807, 2.05) is 0 Å². The molecule has 0 radical (unpaired) electrons. The highest BCUT2D eigenvalue weighted by Gasteiger charge is 2.31. The summed E-state index contributed by atoms with van der Waals surface area (Å²) >= 11 is 5.84. The predicted molar refractivity (Wildman–Crippen MR) is 67.9 cm³/mol.